The molecule has 7 nitrogen and oxygen atoms in total. The molecule has 3 rings (SSSR count). The van der Waals surface area contributed by atoms with Crippen LogP contribution in [0.1, 0.15) is 16.2 Å². The maximum Gasteiger partial charge on any atom is 0.253 e. The van der Waals surface area contributed by atoms with Gasteiger partial charge in [0.15, 0.2) is 5.82 Å². The molecule has 0 fully saturated rings. The zero-order valence-corrected chi connectivity index (χ0v) is 10.6. The molecule has 0 radical (unpaired) electrons. The first-order chi connectivity index (χ1) is 9.74. The Morgan fingerprint density at radius 3 is 3.15 bits per heavy atom. The van der Waals surface area contributed by atoms with Crippen LogP contribution in [-0.2, 0) is 6.42 Å². The van der Waals surface area contributed by atoms with Crippen LogP contribution in [-0.4, -0.2) is 27.6 Å². The van der Waals surface area contributed by atoms with E-state index in [4.69, 9.17) is 5.73 Å². The van der Waals surface area contributed by atoms with Crippen LogP contribution in [0.5, 0.6) is 0 Å². The van der Waals surface area contributed by atoms with Crippen molar-refractivity contribution < 1.29 is 9.32 Å². The number of anilines is 1. The zero-order chi connectivity index (χ0) is 13.9. The van der Waals surface area contributed by atoms with Gasteiger partial charge in [0.05, 0.1) is 5.56 Å². The highest BCUT2D eigenvalue weighted by Crippen LogP contribution is 2.20. The molecule has 4 N–H and O–H groups in total. The number of aromatic amines is 1. The predicted octanol–water partition coefficient (Wildman–Crippen LogP) is 1.11. The summed E-state index contributed by atoms with van der Waals surface area (Å²) < 4.78 is 4.62. The Balaban J connectivity index is 1.69. The van der Waals surface area contributed by atoms with Crippen LogP contribution in [0.3, 0.4) is 0 Å². The second kappa shape index (κ2) is 5.04. The third-order valence-electron chi connectivity index (χ3n) is 2.99. The molecule has 102 valence electrons. The van der Waals surface area contributed by atoms with Gasteiger partial charge in [-0.3, -0.25) is 4.79 Å². The van der Waals surface area contributed by atoms with Crippen molar-refractivity contribution >= 4 is 22.5 Å². The summed E-state index contributed by atoms with van der Waals surface area (Å²) in [5.41, 5.74) is 7.79. The number of fused-ring (bicyclic) bond motifs is 1. The van der Waals surface area contributed by atoms with E-state index in [-0.39, 0.29) is 5.91 Å². The highest BCUT2D eigenvalue weighted by molar-refractivity contribution is 6.07. The van der Waals surface area contributed by atoms with E-state index in [1.807, 2.05) is 6.07 Å². The van der Waals surface area contributed by atoms with Crippen LogP contribution in [0.25, 0.3) is 10.9 Å². The lowest BCUT2D eigenvalue weighted by atomic mass is 10.1. The number of rotatable bonds is 4. The second-order valence-corrected chi connectivity index (χ2v) is 4.36. The minimum absolute atomic E-state index is 0.149. The number of hydrogen-bond acceptors (Lipinski definition) is 5. The smallest absolute Gasteiger partial charge is 0.253 e. The molecule has 1 amide bonds. The van der Waals surface area contributed by atoms with Crippen molar-refractivity contribution in [2.45, 2.75) is 6.42 Å². The SMILES string of the molecule is Nc1ccc2c(C(=O)NCCc3ncon3)c[nH]c2c1. The van der Waals surface area contributed by atoms with Gasteiger partial charge in [-0.25, -0.2) is 0 Å². The normalized spacial score (nSPS) is 10.8. The lowest BCUT2D eigenvalue weighted by Gasteiger charge is -2.02. The molecule has 0 unspecified atom stereocenters. The lowest BCUT2D eigenvalue weighted by molar-refractivity contribution is 0.0955. The number of nitrogens with zero attached hydrogens (tertiary/aromatic N) is 2. The average molecular weight is 271 g/mol. The first-order valence-electron chi connectivity index (χ1n) is 6.14. The summed E-state index contributed by atoms with van der Waals surface area (Å²) in [4.78, 5) is 19.0. The monoisotopic (exact) mass is 271 g/mol. The highest BCUT2D eigenvalue weighted by Gasteiger charge is 2.11. The van der Waals surface area contributed by atoms with Crippen molar-refractivity contribution in [2.24, 2.45) is 0 Å². The molecule has 0 saturated carbocycles. The molecule has 0 bridgehead atoms. The van der Waals surface area contributed by atoms with Crippen molar-refractivity contribution in [1.82, 2.24) is 20.4 Å². The molecule has 0 atom stereocenters. The van der Waals surface area contributed by atoms with E-state index in [0.717, 1.165) is 10.9 Å². The van der Waals surface area contributed by atoms with E-state index < -0.39 is 0 Å². The van der Waals surface area contributed by atoms with Crippen LogP contribution in [0.2, 0.25) is 0 Å². The van der Waals surface area contributed by atoms with E-state index in [9.17, 15) is 4.79 Å². The van der Waals surface area contributed by atoms with Gasteiger partial charge in [-0.1, -0.05) is 5.16 Å². The summed E-state index contributed by atoms with van der Waals surface area (Å²) in [5.74, 6) is 0.418. The summed E-state index contributed by atoms with van der Waals surface area (Å²) in [6.07, 6.45) is 3.46. The van der Waals surface area contributed by atoms with E-state index in [0.29, 0.717) is 30.0 Å². The number of hydrogen-bond donors (Lipinski definition) is 3. The molecule has 2 aromatic heterocycles. The van der Waals surface area contributed by atoms with Crippen LogP contribution in [0.4, 0.5) is 5.69 Å². The number of H-pyrrole nitrogens is 1. The molecule has 20 heavy (non-hydrogen) atoms. The molecule has 0 aliphatic rings. The minimum Gasteiger partial charge on any atom is -0.399 e. The second-order valence-electron chi connectivity index (χ2n) is 4.36. The van der Waals surface area contributed by atoms with Gasteiger partial charge in [0.25, 0.3) is 5.91 Å². The summed E-state index contributed by atoms with van der Waals surface area (Å²) in [5, 5.41) is 7.34. The molecular weight excluding hydrogens is 258 g/mol. The van der Waals surface area contributed by atoms with E-state index in [1.165, 1.54) is 6.39 Å². The van der Waals surface area contributed by atoms with Gasteiger partial charge >= 0.3 is 0 Å². The molecule has 2 heterocycles. The molecule has 0 spiro atoms. The summed E-state index contributed by atoms with van der Waals surface area (Å²) in [6, 6.07) is 5.40. The van der Waals surface area contributed by atoms with Crippen LogP contribution in [0, 0.1) is 0 Å². The number of nitrogens with one attached hydrogen (secondary N) is 2. The predicted molar refractivity (Wildman–Crippen MR) is 73.0 cm³/mol. The fourth-order valence-corrected chi connectivity index (χ4v) is 2.02. The molecular formula is C13H13N5O2. The van der Waals surface area contributed by atoms with Gasteiger partial charge < -0.3 is 20.6 Å². The maximum absolute atomic E-state index is 12.1. The Morgan fingerprint density at radius 2 is 2.35 bits per heavy atom. The van der Waals surface area contributed by atoms with E-state index >= 15 is 0 Å². The fourth-order valence-electron chi connectivity index (χ4n) is 2.02. The van der Waals surface area contributed by atoms with Gasteiger partial charge in [-0.05, 0) is 18.2 Å². The van der Waals surface area contributed by atoms with Crippen LogP contribution >= 0.6 is 0 Å². The standard InChI is InChI=1S/C13H13N5O2/c14-8-1-2-9-10(6-16-11(9)5-8)13(19)15-4-3-12-17-7-20-18-12/h1-2,5-7,16H,3-4,14H2,(H,15,19). The van der Waals surface area contributed by atoms with Gasteiger partial charge in [-0.15, -0.1) is 0 Å². The van der Waals surface area contributed by atoms with Crippen molar-refractivity contribution in [3.63, 3.8) is 0 Å². The summed E-state index contributed by atoms with van der Waals surface area (Å²) in [6.45, 7) is 0.444. The van der Waals surface area contributed by atoms with Crippen molar-refractivity contribution in [2.75, 3.05) is 12.3 Å². The number of nitrogen functional groups attached to an aromatic ring is 1. The molecule has 0 saturated heterocycles. The lowest BCUT2D eigenvalue weighted by Crippen LogP contribution is -2.25. The van der Waals surface area contributed by atoms with Crippen molar-refractivity contribution in [1.29, 1.82) is 0 Å². The summed E-state index contributed by atoms with van der Waals surface area (Å²) in [7, 11) is 0. The third-order valence-corrected chi connectivity index (χ3v) is 2.99. The fraction of sp³-hybridized carbons (Fsp3) is 0.154. The zero-order valence-electron chi connectivity index (χ0n) is 10.6. The van der Waals surface area contributed by atoms with Gasteiger partial charge in [0.2, 0.25) is 6.39 Å². The first kappa shape index (κ1) is 12.2. The Kier molecular flexibility index (Phi) is 3.08. The van der Waals surface area contributed by atoms with Gasteiger partial charge in [0, 0.05) is 35.8 Å². The largest absolute Gasteiger partial charge is 0.399 e. The number of carbonyl (C=O) groups is 1. The Labute approximate surface area is 114 Å². The Bertz CT molecular complexity index is 732. The number of aromatic nitrogens is 3. The molecule has 0 aliphatic heterocycles. The first-order valence-corrected chi connectivity index (χ1v) is 6.14. The summed E-state index contributed by atoms with van der Waals surface area (Å²) >= 11 is 0. The average Bonchev–Trinajstić information content (AvgIpc) is 3.07. The van der Waals surface area contributed by atoms with Crippen LogP contribution in [0.15, 0.2) is 35.3 Å². The number of benzene rings is 1. The highest BCUT2D eigenvalue weighted by atomic mass is 16.5. The minimum atomic E-state index is -0.149. The Morgan fingerprint density at radius 1 is 1.45 bits per heavy atom. The van der Waals surface area contributed by atoms with Gasteiger partial charge in [0.1, 0.15) is 0 Å². The molecule has 7 heteroatoms. The maximum atomic E-state index is 12.1. The topological polar surface area (TPSA) is 110 Å². The molecule has 1 aromatic carbocycles. The molecule has 3 aromatic rings. The van der Waals surface area contributed by atoms with E-state index in [2.05, 4.69) is 25.0 Å². The number of nitrogens with two attached hydrogens (primary N) is 1. The quantitative estimate of drug-likeness (QED) is 0.615. The third kappa shape index (κ3) is 2.33. The van der Waals surface area contributed by atoms with Crippen LogP contribution < -0.4 is 11.1 Å². The van der Waals surface area contributed by atoms with Crippen molar-refractivity contribution in [3.8, 4) is 0 Å². The Hall–Kier alpha value is -2.83. The number of carbonyl (C=O) groups excluding carboxylic acids is 1. The molecule has 0 aliphatic carbocycles. The van der Waals surface area contributed by atoms with Gasteiger partial charge in [-0.2, -0.15) is 4.98 Å². The van der Waals surface area contributed by atoms with E-state index in [1.54, 1.807) is 18.3 Å². The number of amides is 1. The van der Waals surface area contributed by atoms with Crippen molar-refractivity contribution in [3.05, 3.63) is 42.2 Å².